The van der Waals surface area contributed by atoms with Gasteiger partial charge in [0, 0.05) is 30.5 Å². The molecular formula is C20H21N3OS. The largest absolute Gasteiger partial charge is 0.356 e. The van der Waals surface area contributed by atoms with Crippen molar-refractivity contribution in [2.75, 3.05) is 6.54 Å². The molecule has 4 nitrogen and oxygen atoms in total. The highest BCUT2D eigenvalue weighted by molar-refractivity contribution is 7.15. The quantitative estimate of drug-likeness (QED) is 0.704. The van der Waals surface area contributed by atoms with Gasteiger partial charge in [0.05, 0.1) is 11.4 Å². The van der Waals surface area contributed by atoms with E-state index in [-0.39, 0.29) is 5.91 Å². The first-order valence-corrected chi connectivity index (χ1v) is 9.22. The molecule has 128 valence electrons. The molecule has 1 amide bonds. The number of hydrogen-bond acceptors (Lipinski definition) is 4. The van der Waals surface area contributed by atoms with Crippen LogP contribution >= 0.6 is 11.3 Å². The second-order valence-electron chi connectivity index (χ2n) is 5.83. The summed E-state index contributed by atoms with van der Waals surface area (Å²) < 4.78 is 0. The number of rotatable bonds is 7. The lowest BCUT2D eigenvalue weighted by Crippen LogP contribution is -2.25. The predicted octanol–water partition coefficient (Wildman–Crippen LogP) is 3.81. The molecule has 0 saturated carbocycles. The van der Waals surface area contributed by atoms with E-state index in [1.54, 1.807) is 17.5 Å². The molecule has 25 heavy (non-hydrogen) atoms. The number of pyridine rings is 1. The van der Waals surface area contributed by atoms with Crippen LogP contribution in [0.25, 0.3) is 10.7 Å². The predicted molar refractivity (Wildman–Crippen MR) is 102 cm³/mol. The van der Waals surface area contributed by atoms with Crippen molar-refractivity contribution in [3.63, 3.8) is 0 Å². The summed E-state index contributed by atoms with van der Waals surface area (Å²) in [5, 5.41) is 3.94. The van der Waals surface area contributed by atoms with Gasteiger partial charge in [0.1, 0.15) is 5.01 Å². The third-order valence-electron chi connectivity index (χ3n) is 3.93. The van der Waals surface area contributed by atoms with Crippen molar-refractivity contribution in [3.8, 4) is 10.7 Å². The first-order chi connectivity index (χ1) is 12.2. The highest BCUT2D eigenvalue weighted by Gasteiger charge is 2.10. The van der Waals surface area contributed by atoms with Crippen molar-refractivity contribution in [3.05, 3.63) is 70.9 Å². The van der Waals surface area contributed by atoms with Crippen LogP contribution in [0.2, 0.25) is 0 Å². The normalized spacial score (nSPS) is 10.6. The fraction of sp³-hybridized carbons (Fsp3) is 0.250. The molecule has 2 aromatic heterocycles. The lowest BCUT2D eigenvalue weighted by atomic mass is 10.1. The van der Waals surface area contributed by atoms with Crippen LogP contribution in [0.1, 0.15) is 22.6 Å². The molecule has 0 unspecified atom stereocenters. The first kappa shape index (κ1) is 17.3. The van der Waals surface area contributed by atoms with Crippen LogP contribution in [0, 0.1) is 6.92 Å². The van der Waals surface area contributed by atoms with Gasteiger partial charge in [-0.25, -0.2) is 4.98 Å². The summed E-state index contributed by atoms with van der Waals surface area (Å²) in [5.41, 5.74) is 3.11. The summed E-state index contributed by atoms with van der Waals surface area (Å²) in [6.45, 7) is 2.65. The molecule has 0 atom stereocenters. The van der Waals surface area contributed by atoms with Gasteiger partial charge < -0.3 is 5.32 Å². The number of benzene rings is 1. The molecule has 0 aliphatic heterocycles. The van der Waals surface area contributed by atoms with Gasteiger partial charge in [-0.3, -0.25) is 9.78 Å². The number of carbonyl (C=O) groups excluding carboxylic acids is 1. The minimum atomic E-state index is 0.0935. The highest BCUT2D eigenvalue weighted by Crippen LogP contribution is 2.26. The second-order valence-corrected chi connectivity index (χ2v) is 6.91. The summed E-state index contributed by atoms with van der Waals surface area (Å²) in [4.78, 5) is 22.1. The molecule has 2 heterocycles. The van der Waals surface area contributed by atoms with E-state index in [1.165, 1.54) is 10.4 Å². The van der Waals surface area contributed by atoms with Crippen LogP contribution in [0.15, 0.2) is 54.7 Å². The molecule has 0 bridgehead atoms. The fourth-order valence-electron chi connectivity index (χ4n) is 2.57. The van der Waals surface area contributed by atoms with Gasteiger partial charge in [0.15, 0.2) is 0 Å². The molecule has 3 rings (SSSR count). The second kappa shape index (κ2) is 8.53. The van der Waals surface area contributed by atoms with Crippen molar-refractivity contribution < 1.29 is 4.79 Å². The van der Waals surface area contributed by atoms with Gasteiger partial charge in [-0.05, 0) is 31.0 Å². The van der Waals surface area contributed by atoms with Crippen molar-refractivity contribution >= 4 is 17.2 Å². The molecule has 0 radical (unpaired) electrons. The topological polar surface area (TPSA) is 54.9 Å². The van der Waals surface area contributed by atoms with E-state index in [4.69, 9.17) is 0 Å². The van der Waals surface area contributed by atoms with Crippen LogP contribution in [0.4, 0.5) is 0 Å². The van der Waals surface area contributed by atoms with E-state index in [9.17, 15) is 4.79 Å². The molecule has 1 aromatic carbocycles. The summed E-state index contributed by atoms with van der Waals surface area (Å²) >= 11 is 1.65. The van der Waals surface area contributed by atoms with E-state index in [0.29, 0.717) is 13.0 Å². The zero-order valence-electron chi connectivity index (χ0n) is 14.2. The third kappa shape index (κ3) is 4.97. The van der Waals surface area contributed by atoms with Crippen molar-refractivity contribution in [1.29, 1.82) is 0 Å². The van der Waals surface area contributed by atoms with Crippen LogP contribution in [-0.4, -0.2) is 22.4 Å². The number of hydrogen-bond donors (Lipinski definition) is 1. The van der Waals surface area contributed by atoms with E-state index in [0.717, 1.165) is 29.2 Å². The number of thiazole rings is 1. The molecule has 0 spiro atoms. The number of carbonyl (C=O) groups is 1. The first-order valence-electron chi connectivity index (χ1n) is 8.40. The lowest BCUT2D eigenvalue weighted by molar-refractivity contribution is -0.121. The van der Waals surface area contributed by atoms with E-state index < -0.39 is 0 Å². The van der Waals surface area contributed by atoms with Crippen molar-refractivity contribution in [1.82, 2.24) is 15.3 Å². The number of nitrogens with one attached hydrogen (secondary N) is 1. The molecule has 5 heteroatoms. The Morgan fingerprint density at radius 1 is 1.08 bits per heavy atom. The summed E-state index contributed by atoms with van der Waals surface area (Å²) in [6.07, 6.45) is 3.87. The van der Waals surface area contributed by atoms with Crippen LogP contribution in [0.5, 0.6) is 0 Å². The molecule has 0 fully saturated rings. The Kier molecular flexibility index (Phi) is 5.90. The van der Waals surface area contributed by atoms with Crippen LogP contribution < -0.4 is 5.32 Å². The van der Waals surface area contributed by atoms with E-state index in [1.807, 2.05) is 55.5 Å². The summed E-state index contributed by atoms with van der Waals surface area (Å²) in [7, 11) is 0. The van der Waals surface area contributed by atoms with Gasteiger partial charge in [-0.15, -0.1) is 11.3 Å². The highest BCUT2D eigenvalue weighted by atomic mass is 32.1. The Labute approximate surface area is 152 Å². The van der Waals surface area contributed by atoms with Gasteiger partial charge >= 0.3 is 0 Å². The monoisotopic (exact) mass is 351 g/mol. The molecule has 0 aliphatic rings. The zero-order valence-corrected chi connectivity index (χ0v) is 15.1. The molecule has 3 aromatic rings. The molecular weight excluding hydrogens is 330 g/mol. The Balaban J connectivity index is 1.47. The van der Waals surface area contributed by atoms with Gasteiger partial charge in [-0.2, -0.15) is 0 Å². The Bertz CT molecular complexity index is 815. The maximum Gasteiger partial charge on any atom is 0.220 e. The summed E-state index contributed by atoms with van der Waals surface area (Å²) in [6, 6.07) is 15.9. The number of nitrogens with zero attached hydrogens (tertiary/aromatic N) is 2. The number of amides is 1. The Morgan fingerprint density at radius 2 is 1.88 bits per heavy atom. The average Bonchev–Trinajstić information content (AvgIpc) is 3.02. The standard InChI is InChI=1S/C20H21N3OS/c1-15-18(25-20(23-15)17-9-5-6-13-21-17)12-14-22-19(24)11-10-16-7-3-2-4-8-16/h2-9,13H,10-12,14H2,1H3,(H,22,24). The van der Waals surface area contributed by atoms with Gasteiger partial charge in [0.2, 0.25) is 5.91 Å². The smallest absolute Gasteiger partial charge is 0.220 e. The molecule has 0 aliphatic carbocycles. The maximum atomic E-state index is 12.0. The molecule has 1 N–H and O–H groups in total. The molecule has 0 saturated heterocycles. The zero-order chi connectivity index (χ0) is 17.5. The van der Waals surface area contributed by atoms with Crippen LogP contribution in [-0.2, 0) is 17.6 Å². The van der Waals surface area contributed by atoms with Gasteiger partial charge in [-0.1, -0.05) is 36.4 Å². The van der Waals surface area contributed by atoms with E-state index >= 15 is 0 Å². The summed E-state index contributed by atoms with van der Waals surface area (Å²) in [5.74, 6) is 0.0935. The number of aryl methyl sites for hydroxylation is 2. The lowest BCUT2D eigenvalue weighted by Gasteiger charge is -2.05. The van der Waals surface area contributed by atoms with Crippen molar-refractivity contribution in [2.45, 2.75) is 26.2 Å². The third-order valence-corrected chi connectivity index (χ3v) is 5.17. The fourth-order valence-corrected chi connectivity index (χ4v) is 3.60. The Hall–Kier alpha value is -2.53. The van der Waals surface area contributed by atoms with Crippen LogP contribution in [0.3, 0.4) is 0 Å². The SMILES string of the molecule is Cc1nc(-c2ccccn2)sc1CCNC(=O)CCc1ccccc1. The Morgan fingerprint density at radius 3 is 2.64 bits per heavy atom. The maximum absolute atomic E-state index is 12.0. The minimum Gasteiger partial charge on any atom is -0.356 e. The average molecular weight is 351 g/mol. The minimum absolute atomic E-state index is 0.0935. The number of aromatic nitrogens is 2. The van der Waals surface area contributed by atoms with Crippen molar-refractivity contribution in [2.24, 2.45) is 0 Å². The van der Waals surface area contributed by atoms with Gasteiger partial charge in [0.25, 0.3) is 0 Å². The van der Waals surface area contributed by atoms with E-state index in [2.05, 4.69) is 15.3 Å².